The van der Waals surface area contributed by atoms with Crippen molar-refractivity contribution in [2.45, 2.75) is 59.0 Å². The number of unbranched alkanes of at least 4 members (excludes halogenated alkanes) is 1. The molecule has 5 nitrogen and oxygen atoms in total. The summed E-state index contributed by atoms with van der Waals surface area (Å²) in [5.41, 5.74) is 1.35. The molecule has 2 atom stereocenters. The second-order valence-electron chi connectivity index (χ2n) is 6.77. The van der Waals surface area contributed by atoms with Gasteiger partial charge in [0, 0.05) is 44.0 Å². The first-order valence-electron chi connectivity index (χ1n) is 9.69. The monoisotopic (exact) mass is 355 g/mol. The van der Waals surface area contributed by atoms with Gasteiger partial charge in [-0.3, -0.25) is 4.99 Å². The Kier molecular flexibility index (Phi) is 8.19. The molecule has 0 aliphatic rings. The fourth-order valence-corrected chi connectivity index (χ4v) is 2.93. The minimum atomic E-state index is 0.309. The third-order valence-electron chi connectivity index (χ3n) is 4.78. The van der Waals surface area contributed by atoms with Crippen LogP contribution in [0.4, 0.5) is 0 Å². The van der Waals surface area contributed by atoms with Crippen molar-refractivity contribution in [1.29, 1.82) is 0 Å². The van der Waals surface area contributed by atoms with E-state index >= 15 is 0 Å². The van der Waals surface area contributed by atoms with Crippen LogP contribution in [-0.2, 0) is 6.54 Å². The Labute approximate surface area is 158 Å². The lowest BCUT2D eigenvalue weighted by Gasteiger charge is -2.24. The van der Waals surface area contributed by atoms with Crippen molar-refractivity contribution in [3.63, 3.8) is 0 Å². The van der Waals surface area contributed by atoms with Crippen LogP contribution >= 0.6 is 0 Å². The van der Waals surface area contributed by atoms with Crippen molar-refractivity contribution >= 4 is 5.96 Å². The summed E-state index contributed by atoms with van der Waals surface area (Å²) in [5.74, 6) is 2.40. The van der Waals surface area contributed by atoms with E-state index in [1.165, 1.54) is 5.56 Å². The fraction of sp³-hybridized carbons (Fsp3) is 0.524. The van der Waals surface area contributed by atoms with E-state index in [0.717, 1.165) is 44.3 Å². The van der Waals surface area contributed by atoms with E-state index in [9.17, 15) is 0 Å². The predicted octanol–water partition coefficient (Wildman–Crippen LogP) is 3.72. The Morgan fingerprint density at radius 3 is 2.62 bits per heavy atom. The molecule has 0 amide bonds. The van der Waals surface area contributed by atoms with Crippen molar-refractivity contribution in [3.8, 4) is 0 Å². The maximum Gasteiger partial charge on any atom is 0.191 e. The molecule has 2 N–H and O–H groups in total. The maximum atomic E-state index is 4.74. The molecule has 2 unspecified atom stereocenters. The number of aromatic nitrogens is 2. The zero-order chi connectivity index (χ0) is 18.8. The van der Waals surface area contributed by atoms with Crippen LogP contribution in [0.25, 0.3) is 0 Å². The molecule has 0 bridgehead atoms. The molecular formula is C21H33N5. The first-order chi connectivity index (χ1) is 12.6. The molecule has 2 aromatic rings. The van der Waals surface area contributed by atoms with Gasteiger partial charge in [0.1, 0.15) is 5.82 Å². The highest BCUT2D eigenvalue weighted by molar-refractivity contribution is 5.80. The van der Waals surface area contributed by atoms with Gasteiger partial charge in [0.05, 0.1) is 0 Å². The van der Waals surface area contributed by atoms with E-state index in [0.29, 0.717) is 12.0 Å². The predicted molar refractivity (Wildman–Crippen MR) is 110 cm³/mol. The smallest absolute Gasteiger partial charge is 0.191 e. The Balaban J connectivity index is 1.80. The summed E-state index contributed by atoms with van der Waals surface area (Å²) in [6.45, 7) is 11.3. The van der Waals surface area contributed by atoms with Crippen LogP contribution in [0, 0.1) is 6.92 Å². The Morgan fingerprint density at radius 2 is 1.96 bits per heavy atom. The van der Waals surface area contributed by atoms with Gasteiger partial charge in [-0.15, -0.1) is 0 Å². The van der Waals surface area contributed by atoms with Crippen LogP contribution in [-0.4, -0.2) is 34.6 Å². The SMILES string of the molecule is CCNC(=NCCCCn1ccnc1C)NC(C)C(C)c1ccccc1. The first-order valence-corrected chi connectivity index (χ1v) is 9.69. The molecule has 0 radical (unpaired) electrons. The van der Waals surface area contributed by atoms with Crippen LogP contribution < -0.4 is 10.6 Å². The fourth-order valence-electron chi connectivity index (χ4n) is 2.93. The summed E-state index contributed by atoms with van der Waals surface area (Å²) in [4.78, 5) is 9.00. The molecule has 1 heterocycles. The van der Waals surface area contributed by atoms with Gasteiger partial charge in [-0.25, -0.2) is 4.98 Å². The van der Waals surface area contributed by atoms with Gasteiger partial charge in [-0.05, 0) is 39.2 Å². The van der Waals surface area contributed by atoms with Gasteiger partial charge in [-0.1, -0.05) is 37.3 Å². The zero-order valence-electron chi connectivity index (χ0n) is 16.6. The summed E-state index contributed by atoms with van der Waals surface area (Å²) in [6, 6.07) is 10.9. The molecule has 1 aromatic carbocycles. The highest BCUT2D eigenvalue weighted by Crippen LogP contribution is 2.18. The van der Waals surface area contributed by atoms with Gasteiger partial charge in [0.25, 0.3) is 0 Å². The van der Waals surface area contributed by atoms with E-state index in [-0.39, 0.29) is 0 Å². The number of aryl methyl sites for hydroxylation is 2. The number of aliphatic imine (C=N–C) groups is 1. The Bertz CT molecular complexity index is 662. The molecule has 2 rings (SSSR count). The largest absolute Gasteiger partial charge is 0.357 e. The van der Waals surface area contributed by atoms with Crippen molar-refractivity contribution in [2.75, 3.05) is 13.1 Å². The number of imidazole rings is 1. The van der Waals surface area contributed by atoms with Crippen molar-refractivity contribution < 1.29 is 0 Å². The van der Waals surface area contributed by atoms with Crippen LogP contribution in [0.1, 0.15) is 50.9 Å². The molecule has 26 heavy (non-hydrogen) atoms. The van der Waals surface area contributed by atoms with Crippen LogP contribution in [0.2, 0.25) is 0 Å². The topological polar surface area (TPSA) is 54.2 Å². The second-order valence-corrected chi connectivity index (χ2v) is 6.77. The molecule has 0 fully saturated rings. The minimum Gasteiger partial charge on any atom is -0.357 e. The molecule has 0 aliphatic carbocycles. The Morgan fingerprint density at radius 1 is 1.19 bits per heavy atom. The van der Waals surface area contributed by atoms with Crippen molar-refractivity contribution in [2.24, 2.45) is 4.99 Å². The normalized spacial score (nSPS) is 14.1. The number of hydrogen-bond donors (Lipinski definition) is 2. The quantitative estimate of drug-likeness (QED) is 0.409. The molecule has 0 spiro atoms. The van der Waals surface area contributed by atoms with E-state index < -0.39 is 0 Å². The van der Waals surface area contributed by atoms with Gasteiger partial charge in [0.15, 0.2) is 5.96 Å². The van der Waals surface area contributed by atoms with Crippen molar-refractivity contribution in [3.05, 3.63) is 54.1 Å². The molecule has 0 saturated carbocycles. The summed E-state index contributed by atoms with van der Waals surface area (Å²) < 4.78 is 2.19. The number of nitrogens with zero attached hydrogens (tertiary/aromatic N) is 3. The molecule has 1 aromatic heterocycles. The van der Waals surface area contributed by atoms with E-state index in [1.54, 1.807) is 0 Å². The average molecular weight is 356 g/mol. The van der Waals surface area contributed by atoms with Gasteiger partial charge >= 0.3 is 0 Å². The highest BCUT2D eigenvalue weighted by Gasteiger charge is 2.15. The summed E-state index contributed by atoms with van der Waals surface area (Å²) in [6.07, 6.45) is 6.07. The number of nitrogens with one attached hydrogen (secondary N) is 2. The maximum absolute atomic E-state index is 4.74. The van der Waals surface area contributed by atoms with Gasteiger partial charge in [-0.2, -0.15) is 0 Å². The molecule has 0 aliphatic heterocycles. The molecule has 5 heteroatoms. The third-order valence-corrected chi connectivity index (χ3v) is 4.78. The summed E-state index contributed by atoms with van der Waals surface area (Å²) in [5, 5.41) is 6.91. The lowest BCUT2D eigenvalue weighted by atomic mass is 9.94. The number of guanidine groups is 1. The Hall–Kier alpha value is -2.30. The van der Waals surface area contributed by atoms with Crippen LogP contribution in [0.5, 0.6) is 0 Å². The first kappa shape index (κ1) is 20.0. The number of rotatable bonds is 9. The van der Waals surface area contributed by atoms with Gasteiger partial charge in [0.2, 0.25) is 0 Å². The van der Waals surface area contributed by atoms with Gasteiger partial charge < -0.3 is 15.2 Å². The van der Waals surface area contributed by atoms with E-state index in [1.807, 2.05) is 19.3 Å². The third kappa shape index (κ3) is 6.21. The second kappa shape index (κ2) is 10.6. The highest BCUT2D eigenvalue weighted by atomic mass is 15.2. The standard InChI is InChI=1S/C21H33N5/c1-5-22-21(24-13-9-10-15-26-16-14-23-19(26)4)25-18(3)17(2)20-11-7-6-8-12-20/h6-8,11-12,14,16-18H,5,9-10,13,15H2,1-4H3,(H2,22,24,25). The van der Waals surface area contributed by atoms with Crippen LogP contribution in [0.15, 0.2) is 47.7 Å². The number of benzene rings is 1. The van der Waals surface area contributed by atoms with E-state index in [2.05, 4.69) is 71.3 Å². The molecule has 142 valence electrons. The average Bonchev–Trinajstić information content (AvgIpc) is 3.06. The lowest BCUT2D eigenvalue weighted by molar-refractivity contribution is 0.548. The summed E-state index contributed by atoms with van der Waals surface area (Å²) in [7, 11) is 0. The number of hydrogen-bond acceptors (Lipinski definition) is 2. The molecular weight excluding hydrogens is 322 g/mol. The minimum absolute atomic E-state index is 0.309. The van der Waals surface area contributed by atoms with Crippen molar-refractivity contribution in [1.82, 2.24) is 20.2 Å². The lowest BCUT2D eigenvalue weighted by Crippen LogP contribution is -2.44. The summed E-state index contributed by atoms with van der Waals surface area (Å²) >= 11 is 0. The zero-order valence-corrected chi connectivity index (χ0v) is 16.6. The van der Waals surface area contributed by atoms with Crippen LogP contribution in [0.3, 0.4) is 0 Å². The van der Waals surface area contributed by atoms with E-state index in [4.69, 9.17) is 4.99 Å². The molecule has 0 saturated heterocycles.